The van der Waals surface area contributed by atoms with E-state index >= 15 is 0 Å². The number of carbonyl (C=O) groups excluding carboxylic acids is 1. The number of aliphatic carboxylic acids is 1. The van der Waals surface area contributed by atoms with E-state index in [1.54, 1.807) is 18.3 Å². The largest absolute Gasteiger partial charge is 0.481 e. The Hall–Kier alpha value is -1.60. The highest BCUT2D eigenvalue weighted by Gasteiger charge is 2.47. The molecule has 2 atom stereocenters. The standard InChI is InChI=1S/C13H18N2O4S/c1-8-3-4-9(20-8)5-14-12(18)15-10-6-19-7-13(10,2)11(16)17/h3-4,10H,5-7H2,1-2H3,(H,16,17)(H2,14,15,18). The highest BCUT2D eigenvalue weighted by atomic mass is 32.1. The third kappa shape index (κ3) is 3.10. The van der Waals surface area contributed by atoms with Crippen LogP contribution in [-0.2, 0) is 16.1 Å². The molecule has 1 aliphatic heterocycles. The van der Waals surface area contributed by atoms with Crippen molar-refractivity contribution in [3.8, 4) is 0 Å². The van der Waals surface area contributed by atoms with E-state index in [1.165, 1.54) is 4.88 Å². The maximum Gasteiger partial charge on any atom is 0.315 e. The Kier molecular flexibility index (Phi) is 4.29. The number of nitrogens with one attached hydrogen (secondary N) is 2. The zero-order chi connectivity index (χ0) is 14.8. The number of hydrogen-bond donors (Lipinski definition) is 3. The topological polar surface area (TPSA) is 87.7 Å². The molecule has 0 aliphatic carbocycles. The maximum atomic E-state index is 11.8. The normalized spacial score (nSPS) is 25.4. The molecule has 1 aromatic rings. The number of hydrogen-bond acceptors (Lipinski definition) is 4. The minimum absolute atomic E-state index is 0.109. The summed E-state index contributed by atoms with van der Waals surface area (Å²) in [5.41, 5.74) is -1.07. The molecule has 1 saturated heterocycles. The molecule has 2 heterocycles. The van der Waals surface area contributed by atoms with E-state index in [0.717, 1.165) is 4.88 Å². The van der Waals surface area contributed by atoms with Gasteiger partial charge in [0.1, 0.15) is 5.41 Å². The van der Waals surface area contributed by atoms with Crippen molar-refractivity contribution in [2.45, 2.75) is 26.4 Å². The molecule has 2 unspecified atom stereocenters. The zero-order valence-electron chi connectivity index (χ0n) is 11.4. The highest BCUT2D eigenvalue weighted by molar-refractivity contribution is 7.11. The highest BCUT2D eigenvalue weighted by Crippen LogP contribution is 2.28. The lowest BCUT2D eigenvalue weighted by atomic mass is 9.85. The second kappa shape index (κ2) is 5.80. The molecule has 2 amide bonds. The molecule has 0 bridgehead atoms. The smallest absolute Gasteiger partial charge is 0.315 e. The van der Waals surface area contributed by atoms with Crippen LogP contribution in [0.5, 0.6) is 0 Å². The summed E-state index contributed by atoms with van der Waals surface area (Å²) in [5, 5.41) is 14.6. The fourth-order valence-electron chi connectivity index (χ4n) is 2.04. The SMILES string of the molecule is Cc1ccc(CNC(=O)NC2COCC2(C)C(=O)O)s1. The van der Waals surface area contributed by atoms with Gasteiger partial charge in [0.05, 0.1) is 25.8 Å². The van der Waals surface area contributed by atoms with E-state index in [1.807, 2.05) is 19.1 Å². The molecule has 110 valence electrons. The molecule has 0 radical (unpaired) electrons. The van der Waals surface area contributed by atoms with Gasteiger partial charge in [-0.15, -0.1) is 11.3 Å². The van der Waals surface area contributed by atoms with Gasteiger partial charge in [-0.1, -0.05) is 0 Å². The number of rotatable bonds is 4. The second-order valence-electron chi connectivity index (χ2n) is 5.13. The van der Waals surface area contributed by atoms with Crippen molar-refractivity contribution in [3.05, 3.63) is 21.9 Å². The van der Waals surface area contributed by atoms with E-state index in [9.17, 15) is 14.7 Å². The Morgan fingerprint density at radius 3 is 2.90 bits per heavy atom. The first-order chi connectivity index (χ1) is 9.41. The molecule has 0 spiro atoms. The van der Waals surface area contributed by atoms with Gasteiger partial charge in [0.25, 0.3) is 0 Å². The average molecular weight is 298 g/mol. The summed E-state index contributed by atoms with van der Waals surface area (Å²) in [5.74, 6) is -0.964. The van der Waals surface area contributed by atoms with Gasteiger partial charge >= 0.3 is 12.0 Å². The number of thiophene rings is 1. The van der Waals surface area contributed by atoms with Crippen molar-refractivity contribution in [2.24, 2.45) is 5.41 Å². The van der Waals surface area contributed by atoms with Gasteiger partial charge in [-0.3, -0.25) is 4.79 Å². The summed E-state index contributed by atoms with van der Waals surface area (Å²) < 4.78 is 5.18. The summed E-state index contributed by atoms with van der Waals surface area (Å²) in [6, 6.07) is 3.05. The van der Waals surface area contributed by atoms with Gasteiger partial charge in [0.2, 0.25) is 0 Å². The number of amides is 2. The molecule has 0 aromatic carbocycles. The van der Waals surface area contributed by atoms with Crippen LogP contribution in [0.25, 0.3) is 0 Å². The zero-order valence-corrected chi connectivity index (χ0v) is 12.3. The molecule has 2 rings (SSSR count). The van der Waals surface area contributed by atoms with Crippen LogP contribution in [0.4, 0.5) is 4.79 Å². The van der Waals surface area contributed by atoms with Gasteiger partial charge in [-0.05, 0) is 26.0 Å². The Morgan fingerprint density at radius 2 is 2.30 bits per heavy atom. The lowest BCUT2D eigenvalue weighted by Crippen LogP contribution is -2.52. The summed E-state index contributed by atoms with van der Waals surface area (Å²) in [6.07, 6.45) is 0. The van der Waals surface area contributed by atoms with Gasteiger partial charge in [0.15, 0.2) is 0 Å². The van der Waals surface area contributed by atoms with Crippen LogP contribution in [0, 0.1) is 12.3 Å². The first-order valence-corrected chi connectivity index (χ1v) is 7.14. The fraction of sp³-hybridized carbons (Fsp3) is 0.538. The average Bonchev–Trinajstić information content (AvgIpc) is 2.95. The number of carbonyl (C=O) groups is 2. The Balaban J connectivity index is 1.86. The predicted octanol–water partition coefficient (Wildman–Crippen LogP) is 1.35. The molecule has 3 N–H and O–H groups in total. The molecule has 20 heavy (non-hydrogen) atoms. The molecule has 6 nitrogen and oxygen atoms in total. The quantitative estimate of drug-likeness (QED) is 0.783. The number of ether oxygens (including phenoxy) is 1. The minimum Gasteiger partial charge on any atom is -0.481 e. The van der Waals surface area contributed by atoms with E-state index in [0.29, 0.717) is 6.54 Å². The van der Waals surface area contributed by atoms with Gasteiger partial charge in [-0.2, -0.15) is 0 Å². The first-order valence-electron chi connectivity index (χ1n) is 6.32. The molecule has 0 saturated carbocycles. The van der Waals surface area contributed by atoms with Gasteiger partial charge in [-0.25, -0.2) is 4.79 Å². The molecular weight excluding hydrogens is 280 g/mol. The van der Waals surface area contributed by atoms with Crippen LogP contribution in [0.2, 0.25) is 0 Å². The lowest BCUT2D eigenvalue weighted by Gasteiger charge is -2.25. The monoisotopic (exact) mass is 298 g/mol. The number of aryl methyl sites for hydroxylation is 1. The van der Waals surface area contributed by atoms with Crippen LogP contribution in [-0.4, -0.2) is 36.4 Å². The van der Waals surface area contributed by atoms with Crippen LogP contribution >= 0.6 is 11.3 Å². The van der Waals surface area contributed by atoms with Crippen molar-refractivity contribution >= 4 is 23.3 Å². The Morgan fingerprint density at radius 1 is 1.55 bits per heavy atom. The Labute approximate surface area is 121 Å². The van der Waals surface area contributed by atoms with Crippen molar-refractivity contribution in [1.29, 1.82) is 0 Å². The van der Waals surface area contributed by atoms with E-state index in [-0.39, 0.29) is 19.2 Å². The fourth-order valence-corrected chi connectivity index (χ4v) is 2.87. The Bertz CT molecular complexity index is 516. The molecule has 1 fully saturated rings. The summed E-state index contributed by atoms with van der Waals surface area (Å²) in [7, 11) is 0. The van der Waals surface area contributed by atoms with Crippen molar-refractivity contribution in [2.75, 3.05) is 13.2 Å². The first kappa shape index (κ1) is 14.8. The third-order valence-electron chi connectivity index (χ3n) is 3.47. The number of carboxylic acid groups (broad SMARTS) is 1. The summed E-state index contributed by atoms with van der Waals surface area (Å²) >= 11 is 1.62. The number of urea groups is 1. The molecular formula is C13H18N2O4S. The van der Waals surface area contributed by atoms with Crippen LogP contribution in [0.3, 0.4) is 0 Å². The predicted molar refractivity (Wildman–Crippen MR) is 74.8 cm³/mol. The summed E-state index contributed by atoms with van der Waals surface area (Å²) in [6.45, 7) is 4.34. The van der Waals surface area contributed by atoms with Crippen LogP contribution in [0.1, 0.15) is 16.7 Å². The maximum absolute atomic E-state index is 11.8. The minimum atomic E-state index is -1.07. The van der Waals surface area contributed by atoms with E-state index in [4.69, 9.17) is 4.74 Å². The van der Waals surface area contributed by atoms with Crippen LogP contribution < -0.4 is 10.6 Å². The molecule has 7 heteroatoms. The van der Waals surface area contributed by atoms with Crippen molar-refractivity contribution < 1.29 is 19.4 Å². The van der Waals surface area contributed by atoms with Crippen molar-refractivity contribution in [1.82, 2.24) is 10.6 Å². The third-order valence-corrected chi connectivity index (χ3v) is 4.47. The lowest BCUT2D eigenvalue weighted by molar-refractivity contribution is -0.148. The van der Waals surface area contributed by atoms with Gasteiger partial charge < -0.3 is 20.5 Å². The van der Waals surface area contributed by atoms with Crippen molar-refractivity contribution in [3.63, 3.8) is 0 Å². The van der Waals surface area contributed by atoms with E-state index < -0.39 is 17.4 Å². The van der Waals surface area contributed by atoms with Crippen LogP contribution in [0.15, 0.2) is 12.1 Å². The number of carboxylic acids is 1. The summed E-state index contributed by atoms with van der Waals surface area (Å²) in [4.78, 5) is 25.3. The second-order valence-corrected chi connectivity index (χ2v) is 6.50. The van der Waals surface area contributed by atoms with E-state index in [2.05, 4.69) is 10.6 Å². The van der Waals surface area contributed by atoms with Gasteiger partial charge in [0, 0.05) is 9.75 Å². The molecule has 1 aliphatic rings. The molecule has 1 aromatic heterocycles.